The van der Waals surface area contributed by atoms with Crippen LogP contribution in [0, 0.1) is 0 Å². The number of ether oxygens (including phenoxy) is 1. The monoisotopic (exact) mass is 422 g/mol. The van der Waals surface area contributed by atoms with Gasteiger partial charge in [-0.15, -0.1) is 0 Å². The first kappa shape index (κ1) is 22.4. The van der Waals surface area contributed by atoms with E-state index in [9.17, 15) is 9.67 Å². The Bertz CT molecular complexity index is 866. The molecular weight excluding hydrogens is 397 g/mol. The lowest BCUT2D eigenvalue weighted by Gasteiger charge is -2.36. The number of aromatic nitrogens is 4. The van der Waals surface area contributed by atoms with Gasteiger partial charge < -0.3 is 25.0 Å². The molecule has 0 amide bonds. The van der Waals surface area contributed by atoms with Crippen LogP contribution in [0.2, 0.25) is 0 Å². The summed E-state index contributed by atoms with van der Waals surface area (Å²) in [6.45, 7) is 3.68. The fourth-order valence-corrected chi connectivity index (χ4v) is 3.01. The van der Waals surface area contributed by atoms with Crippen LogP contribution in [0.25, 0.3) is 11.2 Å². The van der Waals surface area contributed by atoms with Crippen molar-refractivity contribution in [3.8, 4) is 0 Å². The molecule has 2 aromatic rings. The van der Waals surface area contributed by atoms with E-state index >= 15 is 8.78 Å². The molecule has 0 spiro atoms. The van der Waals surface area contributed by atoms with E-state index in [2.05, 4.69) is 19.7 Å². The van der Waals surface area contributed by atoms with Gasteiger partial charge in [0.25, 0.3) is 5.85 Å². The van der Waals surface area contributed by atoms with Gasteiger partial charge in [-0.2, -0.15) is 9.97 Å². The number of rotatable bonds is 9. The highest BCUT2D eigenvalue weighted by Crippen LogP contribution is 2.37. The third kappa shape index (κ3) is 4.09. The second-order valence-corrected chi connectivity index (χ2v) is 7.68. The summed E-state index contributed by atoms with van der Waals surface area (Å²) in [5.41, 5.74) is 5.93. The molecule has 0 aliphatic rings. The Morgan fingerprint density at radius 2 is 2.11 bits per heavy atom. The maximum Gasteiger partial charge on any atom is 0.264 e. The first-order valence-electron chi connectivity index (χ1n) is 8.44. The average molecular weight is 422 g/mol. The lowest BCUT2D eigenvalue weighted by molar-refractivity contribution is -0.252. The maximum atomic E-state index is 15.6. The minimum Gasteiger partial charge on any atom is -0.382 e. The SMILES string of the molecule is CCN(C)c1nc(N)nc2c1ncn2[C@](C)(F)C(O)[C@@](F)(CO[PH](C)=O)OC. The van der Waals surface area contributed by atoms with Crippen molar-refractivity contribution in [1.29, 1.82) is 0 Å². The summed E-state index contributed by atoms with van der Waals surface area (Å²) in [7, 11) is 0.150. The van der Waals surface area contributed by atoms with Gasteiger partial charge in [-0.1, -0.05) is 0 Å². The molecule has 2 heterocycles. The third-order valence-corrected chi connectivity index (χ3v) is 4.97. The predicted molar refractivity (Wildman–Crippen MR) is 101 cm³/mol. The molecule has 0 aromatic carbocycles. The van der Waals surface area contributed by atoms with Crippen LogP contribution >= 0.6 is 8.03 Å². The van der Waals surface area contributed by atoms with Crippen molar-refractivity contribution in [3.05, 3.63) is 6.33 Å². The first-order chi connectivity index (χ1) is 13.0. The molecule has 28 heavy (non-hydrogen) atoms. The fraction of sp³-hybridized carbons (Fsp3) is 0.667. The number of nitrogens with two attached hydrogens (primary N) is 1. The quantitative estimate of drug-likeness (QED) is 0.575. The van der Waals surface area contributed by atoms with Crippen LogP contribution in [0.15, 0.2) is 6.33 Å². The lowest BCUT2D eigenvalue weighted by atomic mass is 10.0. The van der Waals surface area contributed by atoms with Gasteiger partial charge in [-0.3, -0.25) is 9.13 Å². The number of hydrogen-bond donors (Lipinski definition) is 2. The number of nitrogen functional groups attached to an aromatic ring is 1. The van der Waals surface area contributed by atoms with E-state index in [1.54, 1.807) is 11.9 Å². The standard InChI is InChI=1S/C15H25F2N6O4P/c1-6-22(3)10-9-11(21-13(18)20-10)23(8-19-9)14(2,16)12(24)15(17,26-4)7-27-28(5)25/h8,12,24,28H,6-7H2,1-5H3,(H2,18,20,21)/t12?,14-,15+/m0/s1. The summed E-state index contributed by atoms with van der Waals surface area (Å²) >= 11 is 0. The van der Waals surface area contributed by atoms with E-state index in [0.29, 0.717) is 12.4 Å². The van der Waals surface area contributed by atoms with Crippen molar-refractivity contribution in [2.45, 2.75) is 31.6 Å². The van der Waals surface area contributed by atoms with Gasteiger partial charge in [0.15, 0.2) is 31.1 Å². The topological polar surface area (TPSA) is 129 Å². The molecule has 2 rings (SSSR count). The number of methoxy groups -OCH3 is 1. The lowest BCUT2D eigenvalue weighted by Crippen LogP contribution is -2.54. The van der Waals surface area contributed by atoms with Crippen LogP contribution in [0.1, 0.15) is 13.8 Å². The van der Waals surface area contributed by atoms with Crippen LogP contribution < -0.4 is 10.6 Å². The largest absolute Gasteiger partial charge is 0.382 e. The van der Waals surface area contributed by atoms with Crippen LogP contribution in [0.5, 0.6) is 0 Å². The molecule has 13 heteroatoms. The zero-order chi connectivity index (χ0) is 21.3. The van der Waals surface area contributed by atoms with E-state index < -0.39 is 32.4 Å². The van der Waals surface area contributed by atoms with E-state index in [1.165, 1.54) is 6.66 Å². The Balaban J connectivity index is 2.54. The molecule has 0 aliphatic carbocycles. The molecule has 2 unspecified atom stereocenters. The second kappa shape index (κ2) is 8.24. The number of imidazole rings is 1. The number of halogens is 2. The van der Waals surface area contributed by atoms with Crippen molar-refractivity contribution < 1.29 is 27.7 Å². The van der Waals surface area contributed by atoms with Gasteiger partial charge in [-0.05, 0) is 13.8 Å². The zero-order valence-corrected chi connectivity index (χ0v) is 17.3. The minimum absolute atomic E-state index is 0.0321. The Kier molecular flexibility index (Phi) is 6.59. The van der Waals surface area contributed by atoms with Crippen LogP contribution in [-0.4, -0.2) is 70.6 Å². The zero-order valence-electron chi connectivity index (χ0n) is 16.3. The summed E-state index contributed by atoms with van der Waals surface area (Å²) in [6.07, 6.45) is -1.30. The van der Waals surface area contributed by atoms with Crippen molar-refractivity contribution in [3.63, 3.8) is 0 Å². The van der Waals surface area contributed by atoms with E-state index in [-0.39, 0.29) is 17.1 Å². The molecule has 3 N–H and O–H groups in total. The Labute approximate surface area is 161 Å². The molecule has 4 atom stereocenters. The highest BCUT2D eigenvalue weighted by molar-refractivity contribution is 7.38. The fourth-order valence-electron chi connectivity index (χ4n) is 2.61. The summed E-state index contributed by atoms with van der Waals surface area (Å²) in [4.78, 5) is 13.9. The molecule has 0 bridgehead atoms. The van der Waals surface area contributed by atoms with Crippen molar-refractivity contribution in [2.75, 3.05) is 44.6 Å². The smallest absolute Gasteiger partial charge is 0.264 e. The average Bonchev–Trinajstić information content (AvgIpc) is 3.08. The number of nitrogens with zero attached hydrogens (tertiary/aromatic N) is 5. The molecule has 0 saturated carbocycles. The van der Waals surface area contributed by atoms with Gasteiger partial charge >= 0.3 is 0 Å². The molecule has 2 aromatic heterocycles. The van der Waals surface area contributed by atoms with E-state index in [1.807, 2.05) is 6.92 Å². The number of hydrogen-bond acceptors (Lipinski definition) is 9. The van der Waals surface area contributed by atoms with Crippen LogP contribution in [0.3, 0.4) is 0 Å². The molecule has 10 nitrogen and oxygen atoms in total. The van der Waals surface area contributed by atoms with Crippen LogP contribution in [0.4, 0.5) is 20.5 Å². The minimum atomic E-state index is -2.97. The third-order valence-electron chi connectivity index (χ3n) is 4.42. The van der Waals surface area contributed by atoms with Gasteiger partial charge in [0.05, 0.1) is 6.33 Å². The highest BCUT2D eigenvalue weighted by atomic mass is 31.1. The molecule has 0 aliphatic heterocycles. The van der Waals surface area contributed by atoms with E-state index in [0.717, 1.165) is 24.9 Å². The van der Waals surface area contributed by atoms with Crippen molar-refractivity contribution >= 4 is 31.0 Å². The van der Waals surface area contributed by atoms with Crippen molar-refractivity contribution in [1.82, 2.24) is 19.5 Å². The Morgan fingerprint density at radius 1 is 1.46 bits per heavy atom. The second-order valence-electron chi connectivity index (χ2n) is 6.40. The summed E-state index contributed by atoms with van der Waals surface area (Å²) in [6, 6.07) is 0. The molecule has 0 saturated heterocycles. The van der Waals surface area contributed by atoms with Gasteiger partial charge in [0.2, 0.25) is 11.7 Å². The number of anilines is 2. The molecule has 0 fully saturated rings. The normalized spacial score (nSPS) is 18.4. The Hall–Kier alpha value is -1.88. The first-order valence-corrected chi connectivity index (χ1v) is 10.3. The Morgan fingerprint density at radius 3 is 2.64 bits per heavy atom. The molecule has 0 radical (unpaired) electrons. The predicted octanol–water partition coefficient (Wildman–Crippen LogP) is 1.30. The number of fused-ring (bicyclic) bond motifs is 1. The van der Waals surface area contributed by atoms with Gasteiger partial charge in [0, 0.05) is 27.4 Å². The van der Waals surface area contributed by atoms with Crippen LogP contribution in [-0.2, 0) is 19.6 Å². The maximum absolute atomic E-state index is 15.6. The molecular formula is C15H25F2N6O4P. The van der Waals surface area contributed by atoms with Gasteiger partial charge in [-0.25, -0.2) is 13.8 Å². The van der Waals surface area contributed by atoms with E-state index in [4.69, 9.17) is 10.3 Å². The summed E-state index contributed by atoms with van der Waals surface area (Å²) < 4.78 is 52.1. The van der Waals surface area contributed by atoms with Crippen molar-refractivity contribution in [2.24, 2.45) is 0 Å². The molecule has 158 valence electrons. The number of aliphatic hydroxyl groups is 1. The van der Waals surface area contributed by atoms with Gasteiger partial charge in [0.1, 0.15) is 6.61 Å². The number of aliphatic hydroxyl groups excluding tert-OH is 1. The summed E-state index contributed by atoms with van der Waals surface area (Å²) in [5, 5.41) is 10.5. The number of alkyl halides is 2. The summed E-state index contributed by atoms with van der Waals surface area (Å²) in [5.74, 6) is -5.52. The highest BCUT2D eigenvalue weighted by Gasteiger charge is 2.52.